The molecule has 0 aromatic heterocycles. The number of nitrogens with zero attached hydrogens (tertiary/aromatic N) is 1. The fraction of sp³-hybridized carbons (Fsp3) is 0.462. The lowest BCUT2D eigenvalue weighted by atomic mass is 10.1. The van der Waals surface area contributed by atoms with Crippen molar-refractivity contribution in [1.29, 1.82) is 0 Å². The van der Waals surface area contributed by atoms with Crippen molar-refractivity contribution in [3.8, 4) is 0 Å². The van der Waals surface area contributed by atoms with E-state index in [1.807, 2.05) is 18.2 Å². The lowest BCUT2D eigenvalue weighted by molar-refractivity contribution is 0.600. The predicted molar refractivity (Wildman–Crippen MR) is 79.3 cm³/mol. The third-order valence-electron chi connectivity index (χ3n) is 3.39. The first-order valence-corrected chi connectivity index (χ1v) is 9.05. The molecular weight excluding hydrogens is 280 g/mol. The quantitative estimate of drug-likeness (QED) is 0.901. The van der Waals surface area contributed by atoms with Crippen LogP contribution in [0.3, 0.4) is 0 Å². The second-order valence-corrected chi connectivity index (χ2v) is 8.33. The molecule has 2 atom stereocenters. The maximum absolute atomic E-state index is 11.4. The molecule has 0 bridgehead atoms. The second-order valence-electron chi connectivity index (χ2n) is 4.91. The predicted octanol–water partition coefficient (Wildman–Crippen LogP) is 1.61. The van der Waals surface area contributed by atoms with Crippen molar-refractivity contribution < 1.29 is 8.42 Å². The highest BCUT2D eigenvalue weighted by Gasteiger charge is 2.30. The van der Waals surface area contributed by atoms with Crippen LogP contribution in [0.25, 0.3) is 0 Å². The first kappa shape index (κ1) is 13.0. The number of sulfone groups is 1. The monoisotopic (exact) mass is 296 g/mol. The number of rotatable bonds is 2. The molecule has 19 heavy (non-hydrogen) atoms. The van der Waals surface area contributed by atoms with Gasteiger partial charge in [-0.3, -0.25) is 4.99 Å². The minimum Gasteiger partial charge on any atom is -0.361 e. The van der Waals surface area contributed by atoms with Crippen molar-refractivity contribution in [2.45, 2.75) is 17.7 Å². The van der Waals surface area contributed by atoms with Gasteiger partial charge in [0, 0.05) is 6.04 Å². The van der Waals surface area contributed by atoms with Crippen LogP contribution in [0.1, 0.15) is 17.2 Å². The van der Waals surface area contributed by atoms with Crippen LogP contribution < -0.4 is 5.32 Å². The Morgan fingerprint density at radius 3 is 2.74 bits per heavy atom. The van der Waals surface area contributed by atoms with E-state index in [1.165, 1.54) is 5.56 Å². The van der Waals surface area contributed by atoms with E-state index < -0.39 is 9.84 Å². The molecular formula is C13H16N2O2S2. The zero-order valence-corrected chi connectivity index (χ0v) is 12.1. The molecule has 0 aliphatic carbocycles. The fourth-order valence-corrected chi connectivity index (χ4v) is 5.15. The van der Waals surface area contributed by atoms with Gasteiger partial charge in [0.2, 0.25) is 0 Å². The molecule has 2 aliphatic heterocycles. The highest BCUT2D eigenvalue weighted by molar-refractivity contribution is 8.14. The number of amidine groups is 1. The van der Waals surface area contributed by atoms with Crippen LogP contribution in [0.15, 0.2) is 35.3 Å². The summed E-state index contributed by atoms with van der Waals surface area (Å²) >= 11 is 1.69. The normalized spacial score (nSPS) is 29.2. The van der Waals surface area contributed by atoms with Gasteiger partial charge < -0.3 is 5.32 Å². The fourth-order valence-electron chi connectivity index (χ4n) is 2.38. The minimum atomic E-state index is -2.83. The highest BCUT2D eigenvalue weighted by Crippen LogP contribution is 2.34. The molecule has 102 valence electrons. The first-order chi connectivity index (χ1) is 9.12. The zero-order chi connectivity index (χ0) is 13.3. The topological polar surface area (TPSA) is 58.5 Å². The van der Waals surface area contributed by atoms with Crippen molar-refractivity contribution in [2.24, 2.45) is 4.99 Å². The molecule has 4 nitrogen and oxygen atoms in total. The molecule has 1 fully saturated rings. The molecule has 2 unspecified atom stereocenters. The summed E-state index contributed by atoms with van der Waals surface area (Å²) < 4.78 is 22.8. The van der Waals surface area contributed by atoms with Gasteiger partial charge in [0.25, 0.3) is 0 Å². The van der Waals surface area contributed by atoms with Crippen LogP contribution in [0.4, 0.5) is 0 Å². The Kier molecular flexibility index (Phi) is 3.54. The van der Waals surface area contributed by atoms with Gasteiger partial charge in [-0.2, -0.15) is 0 Å². The van der Waals surface area contributed by atoms with Gasteiger partial charge in [0.05, 0.1) is 23.3 Å². The van der Waals surface area contributed by atoms with E-state index in [0.29, 0.717) is 17.4 Å². The molecule has 0 saturated carbocycles. The Labute approximate surface area is 117 Å². The van der Waals surface area contributed by atoms with Crippen molar-refractivity contribution >= 4 is 26.8 Å². The van der Waals surface area contributed by atoms with E-state index in [4.69, 9.17) is 0 Å². The second kappa shape index (κ2) is 5.17. The Morgan fingerprint density at radius 1 is 1.26 bits per heavy atom. The third kappa shape index (κ3) is 3.12. The molecule has 0 amide bonds. The molecule has 0 spiro atoms. The van der Waals surface area contributed by atoms with Gasteiger partial charge in [-0.1, -0.05) is 42.1 Å². The zero-order valence-electron chi connectivity index (χ0n) is 10.5. The van der Waals surface area contributed by atoms with Crippen LogP contribution >= 0.6 is 11.8 Å². The summed E-state index contributed by atoms with van der Waals surface area (Å²) in [5.74, 6) is 0.535. The van der Waals surface area contributed by atoms with Crippen LogP contribution in [0.5, 0.6) is 0 Å². The van der Waals surface area contributed by atoms with Gasteiger partial charge in [-0.25, -0.2) is 8.42 Å². The highest BCUT2D eigenvalue weighted by atomic mass is 32.2. The lowest BCUT2D eigenvalue weighted by Crippen LogP contribution is -2.33. The number of hydrogen-bond acceptors (Lipinski definition) is 5. The molecule has 1 N–H and O–H groups in total. The summed E-state index contributed by atoms with van der Waals surface area (Å²) in [6, 6.07) is 10.3. The van der Waals surface area contributed by atoms with E-state index in [1.54, 1.807) is 11.8 Å². The minimum absolute atomic E-state index is 0.0331. The van der Waals surface area contributed by atoms with Gasteiger partial charge in [-0.15, -0.1) is 0 Å². The summed E-state index contributed by atoms with van der Waals surface area (Å²) in [5, 5.41) is 4.50. The van der Waals surface area contributed by atoms with Crippen LogP contribution in [0, 0.1) is 0 Å². The molecule has 1 aromatic rings. The Morgan fingerprint density at radius 2 is 2.05 bits per heavy atom. The number of thioether (sulfide) groups is 1. The summed E-state index contributed by atoms with van der Waals surface area (Å²) in [6.45, 7) is 0.760. The van der Waals surface area contributed by atoms with Gasteiger partial charge in [0.1, 0.15) is 0 Å². The molecule has 1 saturated heterocycles. The van der Waals surface area contributed by atoms with E-state index in [-0.39, 0.29) is 11.8 Å². The number of hydrogen-bond donors (Lipinski definition) is 1. The van der Waals surface area contributed by atoms with Crippen molar-refractivity contribution in [2.75, 3.05) is 18.1 Å². The summed E-state index contributed by atoms with van der Waals surface area (Å²) in [7, 11) is -2.83. The molecule has 3 rings (SSSR count). The summed E-state index contributed by atoms with van der Waals surface area (Å²) in [4.78, 5) is 4.48. The average Bonchev–Trinajstić information content (AvgIpc) is 2.98. The Bertz CT molecular complexity index is 584. The standard InChI is InChI=1S/C13H16N2O2S2/c16-19(17)7-6-11(9-19)15-13-14-8-12(18-13)10-4-2-1-3-5-10/h1-5,11-12H,6-9H2,(H,14,15). The Balaban J connectivity index is 1.58. The van der Waals surface area contributed by atoms with Crippen molar-refractivity contribution in [1.82, 2.24) is 5.32 Å². The Hall–Kier alpha value is -1.01. The molecule has 1 aromatic carbocycles. The first-order valence-electron chi connectivity index (χ1n) is 6.35. The largest absolute Gasteiger partial charge is 0.361 e. The summed E-state index contributed by atoms with van der Waals surface area (Å²) in [6.07, 6.45) is 0.692. The van der Waals surface area contributed by atoms with Crippen LogP contribution in [0.2, 0.25) is 0 Å². The molecule has 2 aliphatic rings. The third-order valence-corrected chi connectivity index (χ3v) is 6.33. The van der Waals surface area contributed by atoms with Gasteiger partial charge in [0.15, 0.2) is 15.0 Å². The van der Waals surface area contributed by atoms with Crippen molar-refractivity contribution in [3.63, 3.8) is 0 Å². The smallest absolute Gasteiger partial charge is 0.157 e. The molecule has 0 radical (unpaired) electrons. The van der Waals surface area contributed by atoms with Gasteiger partial charge >= 0.3 is 0 Å². The summed E-state index contributed by atoms with van der Waals surface area (Å²) in [5.41, 5.74) is 1.27. The van der Waals surface area contributed by atoms with E-state index in [9.17, 15) is 8.42 Å². The van der Waals surface area contributed by atoms with E-state index >= 15 is 0 Å². The lowest BCUT2D eigenvalue weighted by Gasteiger charge is -2.12. The maximum atomic E-state index is 11.4. The maximum Gasteiger partial charge on any atom is 0.157 e. The van der Waals surface area contributed by atoms with Crippen molar-refractivity contribution in [3.05, 3.63) is 35.9 Å². The van der Waals surface area contributed by atoms with E-state index in [0.717, 1.165) is 11.7 Å². The number of nitrogens with one attached hydrogen (secondary N) is 1. The SMILES string of the molecule is O=S1(=O)CCC(NC2=NCC(c3ccccc3)S2)C1. The molecule has 2 heterocycles. The van der Waals surface area contributed by atoms with Crippen LogP contribution in [-0.4, -0.2) is 37.7 Å². The number of aliphatic imine (C=N–C) groups is 1. The van der Waals surface area contributed by atoms with Gasteiger partial charge in [-0.05, 0) is 12.0 Å². The average molecular weight is 296 g/mol. The number of benzene rings is 1. The van der Waals surface area contributed by atoms with E-state index in [2.05, 4.69) is 22.4 Å². The van der Waals surface area contributed by atoms with Crippen LogP contribution in [-0.2, 0) is 9.84 Å². The molecule has 6 heteroatoms.